The predicted octanol–water partition coefficient (Wildman–Crippen LogP) is 1.70. The van der Waals surface area contributed by atoms with Gasteiger partial charge in [-0.3, -0.25) is 0 Å². The highest BCUT2D eigenvalue weighted by Crippen LogP contribution is 2.14. The van der Waals surface area contributed by atoms with Crippen LogP contribution in [-0.2, 0) is 9.53 Å². The van der Waals surface area contributed by atoms with Gasteiger partial charge in [0.25, 0.3) is 0 Å². The van der Waals surface area contributed by atoms with Gasteiger partial charge in [0.05, 0.1) is 6.61 Å². The third-order valence-electron chi connectivity index (χ3n) is 2.92. The van der Waals surface area contributed by atoms with Gasteiger partial charge in [0.15, 0.2) is 0 Å². The van der Waals surface area contributed by atoms with Gasteiger partial charge in [-0.1, -0.05) is 13.3 Å². The summed E-state index contributed by atoms with van der Waals surface area (Å²) >= 11 is 0. The number of nitrogens with one attached hydrogen (secondary N) is 1. The summed E-state index contributed by atoms with van der Waals surface area (Å²) in [6.45, 7) is 8.70. The van der Waals surface area contributed by atoms with Crippen molar-refractivity contribution in [3.05, 3.63) is 0 Å². The first kappa shape index (κ1) is 17.7. The number of unbranched alkanes of at least 4 members (excludes halogenated alkanes) is 1. The van der Waals surface area contributed by atoms with Crippen molar-refractivity contribution in [1.82, 2.24) is 10.2 Å². The first-order chi connectivity index (χ1) is 8.87. The minimum Gasteiger partial charge on any atom is -0.480 e. The molecule has 6 nitrogen and oxygen atoms in total. The van der Waals surface area contributed by atoms with Crippen LogP contribution in [0.1, 0.15) is 40.5 Å². The Hall–Kier alpha value is -1.30. The van der Waals surface area contributed by atoms with Gasteiger partial charge < -0.3 is 20.1 Å². The lowest BCUT2D eigenvalue weighted by molar-refractivity contribution is -0.147. The Kier molecular flexibility index (Phi) is 8.14. The van der Waals surface area contributed by atoms with Gasteiger partial charge in [-0.2, -0.15) is 0 Å². The van der Waals surface area contributed by atoms with E-state index in [4.69, 9.17) is 9.84 Å². The summed E-state index contributed by atoms with van der Waals surface area (Å²) in [7, 11) is 0. The molecule has 0 radical (unpaired) electrons. The smallest absolute Gasteiger partial charge is 0.329 e. The van der Waals surface area contributed by atoms with Crippen LogP contribution in [0.15, 0.2) is 0 Å². The summed E-state index contributed by atoms with van der Waals surface area (Å²) in [5, 5.41) is 11.8. The van der Waals surface area contributed by atoms with Gasteiger partial charge in [0, 0.05) is 19.7 Å². The molecule has 0 aliphatic carbocycles. The number of amides is 2. The summed E-state index contributed by atoms with van der Waals surface area (Å²) in [6, 6.07) is -0.381. The van der Waals surface area contributed by atoms with E-state index in [1.54, 1.807) is 6.92 Å². The number of carbonyl (C=O) groups excluding carboxylic acids is 1. The zero-order chi connectivity index (χ0) is 14.9. The number of carboxylic acid groups (broad SMARTS) is 1. The van der Waals surface area contributed by atoms with Crippen molar-refractivity contribution in [3.8, 4) is 0 Å². The molecule has 2 amide bonds. The van der Waals surface area contributed by atoms with Crippen LogP contribution in [0.25, 0.3) is 0 Å². The lowest BCUT2D eigenvalue weighted by atomic mass is 10.0. The number of ether oxygens (including phenoxy) is 1. The van der Waals surface area contributed by atoms with Crippen molar-refractivity contribution in [2.24, 2.45) is 0 Å². The number of nitrogens with zero attached hydrogens (tertiary/aromatic N) is 1. The van der Waals surface area contributed by atoms with Gasteiger partial charge >= 0.3 is 12.0 Å². The molecule has 2 N–H and O–H groups in total. The average molecular weight is 274 g/mol. The van der Waals surface area contributed by atoms with Crippen molar-refractivity contribution >= 4 is 12.0 Å². The maximum absolute atomic E-state index is 11.9. The highest BCUT2D eigenvalue weighted by Gasteiger charge is 2.36. The molecule has 112 valence electrons. The molecule has 0 atom stereocenters. The van der Waals surface area contributed by atoms with Crippen LogP contribution in [0.3, 0.4) is 0 Å². The quantitative estimate of drug-likeness (QED) is 0.627. The third-order valence-corrected chi connectivity index (χ3v) is 2.92. The van der Waals surface area contributed by atoms with E-state index in [9.17, 15) is 9.59 Å². The maximum atomic E-state index is 11.9. The van der Waals surface area contributed by atoms with E-state index in [-0.39, 0.29) is 6.03 Å². The standard InChI is InChI=1S/C13H26N2O4/c1-5-7-9-19-10-8-14-12(18)15(6-2)13(3,4)11(16)17/h5-10H2,1-4H3,(H,14,18)(H,16,17). The molecule has 0 fully saturated rings. The van der Waals surface area contributed by atoms with Gasteiger partial charge in [-0.05, 0) is 27.2 Å². The summed E-state index contributed by atoms with van der Waals surface area (Å²) < 4.78 is 5.32. The highest BCUT2D eigenvalue weighted by atomic mass is 16.5. The van der Waals surface area contributed by atoms with E-state index in [1.165, 1.54) is 18.7 Å². The zero-order valence-electron chi connectivity index (χ0n) is 12.4. The molecule has 0 aliphatic rings. The second kappa shape index (κ2) is 8.74. The van der Waals surface area contributed by atoms with Crippen molar-refractivity contribution in [2.45, 2.75) is 46.1 Å². The van der Waals surface area contributed by atoms with Crippen LogP contribution in [-0.4, -0.2) is 53.8 Å². The van der Waals surface area contributed by atoms with Crippen LogP contribution in [0.5, 0.6) is 0 Å². The van der Waals surface area contributed by atoms with Crippen molar-refractivity contribution in [2.75, 3.05) is 26.3 Å². The molecule has 0 aromatic carbocycles. The van der Waals surface area contributed by atoms with E-state index in [1.807, 2.05) is 0 Å². The molecule has 0 aromatic rings. The summed E-state index contributed by atoms with van der Waals surface area (Å²) in [5.41, 5.74) is -1.22. The van der Waals surface area contributed by atoms with E-state index in [2.05, 4.69) is 12.2 Å². The van der Waals surface area contributed by atoms with E-state index in [0.717, 1.165) is 12.8 Å². The topological polar surface area (TPSA) is 78.9 Å². The van der Waals surface area contributed by atoms with E-state index in [0.29, 0.717) is 26.3 Å². The van der Waals surface area contributed by atoms with Gasteiger partial charge in [0.2, 0.25) is 0 Å². The molecule has 0 unspecified atom stereocenters. The second-order valence-electron chi connectivity index (χ2n) is 4.81. The first-order valence-corrected chi connectivity index (χ1v) is 6.74. The Balaban J connectivity index is 4.13. The second-order valence-corrected chi connectivity index (χ2v) is 4.81. The summed E-state index contributed by atoms with van der Waals surface area (Å²) in [4.78, 5) is 24.3. The molecule has 0 rings (SSSR count). The van der Waals surface area contributed by atoms with Crippen LogP contribution in [0.2, 0.25) is 0 Å². The molecule has 6 heteroatoms. The van der Waals surface area contributed by atoms with Gasteiger partial charge in [-0.25, -0.2) is 9.59 Å². The number of carboxylic acids is 1. The number of aliphatic carboxylic acids is 1. The fourth-order valence-electron chi connectivity index (χ4n) is 1.58. The number of urea groups is 1. The number of hydrogen-bond donors (Lipinski definition) is 2. The fourth-order valence-corrected chi connectivity index (χ4v) is 1.58. The SMILES string of the molecule is CCCCOCCNC(=O)N(CC)C(C)(C)C(=O)O. The average Bonchev–Trinajstić information content (AvgIpc) is 2.34. The molecular weight excluding hydrogens is 248 g/mol. The Morgan fingerprint density at radius 1 is 1.26 bits per heavy atom. The largest absolute Gasteiger partial charge is 0.480 e. The third kappa shape index (κ3) is 5.92. The van der Waals surface area contributed by atoms with Crippen LogP contribution >= 0.6 is 0 Å². The van der Waals surface area contributed by atoms with E-state index >= 15 is 0 Å². The number of likely N-dealkylation sites (N-methyl/N-ethyl adjacent to an activating group) is 1. The molecule has 0 spiro atoms. The Bertz CT molecular complexity index is 292. The minimum absolute atomic E-state index is 0.335. The van der Waals surface area contributed by atoms with Gasteiger partial charge in [0.1, 0.15) is 5.54 Å². The fraction of sp³-hybridized carbons (Fsp3) is 0.846. The highest BCUT2D eigenvalue weighted by molar-refractivity contribution is 5.85. The monoisotopic (exact) mass is 274 g/mol. The molecule has 0 aromatic heterocycles. The summed E-state index contributed by atoms with van der Waals surface area (Å²) in [5.74, 6) is -1.02. The summed E-state index contributed by atoms with van der Waals surface area (Å²) in [6.07, 6.45) is 2.07. The number of carbonyl (C=O) groups is 2. The van der Waals surface area contributed by atoms with Gasteiger partial charge in [-0.15, -0.1) is 0 Å². The van der Waals surface area contributed by atoms with E-state index < -0.39 is 11.5 Å². The van der Waals surface area contributed by atoms with Crippen LogP contribution in [0, 0.1) is 0 Å². The normalized spacial score (nSPS) is 11.2. The lowest BCUT2D eigenvalue weighted by Crippen LogP contribution is -2.56. The number of rotatable bonds is 9. The van der Waals surface area contributed by atoms with Crippen molar-refractivity contribution < 1.29 is 19.4 Å². The Morgan fingerprint density at radius 3 is 2.37 bits per heavy atom. The predicted molar refractivity (Wildman–Crippen MR) is 73.2 cm³/mol. The van der Waals surface area contributed by atoms with Crippen molar-refractivity contribution in [3.63, 3.8) is 0 Å². The first-order valence-electron chi connectivity index (χ1n) is 6.74. The van der Waals surface area contributed by atoms with Crippen LogP contribution < -0.4 is 5.32 Å². The zero-order valence-corrected chi connectivity index (χ0v) is 12.4. The minimum atomic E-state index is -1.22. The van der Waals surface area contributed by atoms with Crippen LogP contribution in [0.4, 0.5) is 4.79 Å². The molecule has 0 aliphatic heterocycles. The maximum Gasteiger partial charge on any atom is 0.329 e. The molecule has 0 heterocycles. The molecule has 19 heavy (non-hydrogen) atoms. The number of hydrogen-bond acceptors (Lipinski definition) is 3. The Labute approximate surface area is 115 Å². The molecule has 0 bridgehead atoms. The Morgan fingerprint density at radius 2 is 1.89 bits per heavy atom. The molecule has 0 saturated carbocycles. The molecule has 0 saturated heterocycles. The molecular formula is C13H26N2O4. The van der Waals surface area contributed by atoms with Crippen molar-refractivity contribution in [1.29, 1.82) is 0 Å². The lowest BCUT2D eigenvalue weighted by Gasteiger charge is -2.34.